The van der Waals surface area contributed by atoms with Crippen LogP contribution in [0.5, 0.6) is 0 Å². The summed E-state index contributed by atoms with van der Waals surface area (Å²) in [6.07, 6.45) is 0.683. The van der Waals surface area contributed by atoms with E-state index < -0.39 is 0 Å². The number of carbonyl (C=O) groups excluding carboxylic acids is 2. The van der Waals surface area contributed by atoms with Gasteiger partial charge in [-0.05, 0) is 16.7 Å². The van der Waals surface area contributed by atoms with E-state index in [0.717, 1.165) is 16.7 Å². The molecule has 5 nitrogen and oxygen atoms in total. The fourth-order valence-corrected chi connectivity index (χ4v) is 2.37. The number of benzene rings is 2. The highest BCUT2D eigenvalue weighted by Gasteiger charge is 2.17. The van der Waals surface area contributed by atoms with Crippen LogP contribution in [0.2, 0.25) is 0 Å². The van der Waals surface area contributed by atoms with Gasteiger partial charge in [0.1, 0.15) is 5.71 Å². The van der Waals surface area contributed by atoms with E-state index in [9.17, 15) is 9.59 Å². The Labute approximate surface area is 134 Å². The molecule has 1 heterocycles. The van der Waals surface area contributed by atoms with Gasteiger partial charge in [-0.2, -0.15) is 5.10 Å². The van der Waals surface area contributed by atoms with Crippen LogP contribution in [0.15, 0.2) is 59.7 Å². The van der Waals surface area contributed by atoms with Crippen LogP contribution in [-0.2, 0) is 16.1 Å². The molecule has 0 aliphatic carbocycles. The molecule has 23 heavy (non-hydrogen) atoms. The van der Waals surface area contributed by atoms with Gasteiger partial charge in [0.05, 0.1) is 0 Å². The first-order valence-corrected chi connectivity index (χ1v) is 7.50. The summed E-state index contributed by atoms with van der Waals surface area (Å²) < 4.78 is 0. The molecule has 2 aromatic rings. The van der Waals surface area contributed by atoms with Crippen LogP contribution in [0.25, 0.3) is 11.1 Å². The first kappa shape index (κ1) is 15.0. The molecule has 2 N–H and O–H groups in total. The molecule has 116 valence electrons. The van der Waals surface area contributed by atoms with Crippen molar-refractivity contribution in [3.63, 3.8) is 0 Å². The molecular weight excluding hydrogens is 290 g/mol. The van der Waals surface area contributed by atoms with Crippen LogP contribution in [0.4, 0.5) is 0 Å². The van der Waals surface area contributed by atoms with Crippen LogP contribution < -0.4 is 10.7 Å². The largest absolute Gasteiger partial charge is 0.347 e. The van der Waals surface area contributed by atoms with Crippen LogP contribution in [-0.4, -0.2) is 17.5 Å². The molecule has 1 aliphatic rings. The maximum atomic E-state index is 12.0. The molecule has 0 unspecified atom stereocenters. The lowest BCUT2D eigenvalue weighted by Gasteiger charge is -2.12. The smallest absolute Gasteiger partial charge is 0.267 e. The second-order valence-electron chi connectivity index (χ2n) is 5.34. The van der Waals surface area contributed by atoms with Gasteiger partial charge in [0.15, 0.2) is 0 Å². The lowest BCUT2D eigenvalue weighted by atomic mass is 10.0. The Morgan fingerprint density at radius 1 is 1.00 bits per heavy atom. The second kappa shape index (κ2) is 6.87. The lowest BCUT2D eigenvalue weighted by molar-refractivity contribution is -0.121. The highest BCUT2D eigenvalue weighted by Crippen LogP contribution is 2.19. The third-order valence-electron chi connectivity index (χ3n) is 3.68. The minimum absolute atomic E-state index is 0.155. The molecule has 2 amide bonds. The van der Waals surface area contributed by atoms with Crippen molar-refractivity contribution in [1.82, 2.24) is 10.7 Å². The summed E-state index contributed by atoms with van der Waals surface area (Å²) in [5.41, 5.74) is 6.01. The highest BCUT2D eigenvalue weighted by molar-refractivity contribution is 6.39. The van der Waals surface area contributed by atoms with Gasteiger partial charge in [-0.1, -0.05) is 54.6 Å². The Hall–Kier alpha value is -2.95. The van der Waals surface area contributed by atoms with Crippen molar-refractivity contribution in [2.45, 2.75) is 19.4 Å². The van der Waals surface area contributed by atoms with Crippen molar-refractivity contribution in [3.05, 3.63) is 60.2 Å². The van der Waals surface area contributed by atoms with Crippen molar-refractivity contribution < 1.29 is 9.59 Å². The van der Waals surface area contributed by atoms with Gasteiger partial charge in [-0.3, -0.25) is 9.59 Å². The minimum atomic E-state index is -0.239. The first-order chi connectivity index (χ1) is 11.2. The zero-order valence-corrected chi connectivity index (χ0v) is 12.6. The molecule has 2 aromatic carbocycles. The second-order valence-corrected chi connectivity index (χ2v) is 5.34. The van der Waals surface area contributed by atoms with Gasteiger partial charge in [0.2, 0.25) is 5.91 Å². The van der Waals surface area contributed by atoms with Gasteiger partial charge in [0, 0.05) is 19.4 Å². The van der Waals surface area contributed by atoms with Crippen LogP contribution in [0, 0.1) is 0 Å². The van der Waals surface area contributed by atoms with Crippen molar-refractivity contribution in [2.75, 3.05) is 0 Å². The Morgan fingerprint density at radius 2 is 1.70 bits per heavy atom. The van der Waals surface area contributed by atoms with E-state index >= 15 is 0 Å². The quantitative estimate of drug-likeness (QED) is 0.909. The standard InChI is InChI=1S/C18H17N3O2/c22-17-11-10-16(20-21-17)18(23)19-12-13-6-8-15(9-7-13)14-4-2-1-3-5-14/h1-9H,10-12H2,(H,19,23)(H,21,22). The number of hydrogen-bond acceptors (Lipinski definition) is 3. The molecule has 3 rings (SSSR count). The zero-order chi connectivity index (χ0) is 16.1. The topological polar surface area (TPSA) is 70.6 Å². The number of hydrogen-bond donors (Lipinski definition) is 2. The highest BCUT2D eigenvalue weighted by atomic mass is 16.2. The average Bonchev–Trinajstić information content (AvgIpc) is 2.61. The van der Waals surface area contributed by atoms with Gasteiger partial charge in [-0.25, -0.2) is 5.43 Å². The number of hydrazone groups is 1. The van der Waals surface area contributed by atoms with E-state index in [4.69, 9.17) is 0 Å². The van der Waals surface area contributed by atoms with E-state index in [-0.39, 0.29) is 11.8 Å². The van der Waals surface area contributed by atoms with Crippen molar-refractivity contribution in [3.8, 4) is 11.1 Å². The Balaban J connectivity index is 1.59. The number of carbonyl (C=O) groups is 2. The first-order valence-electron chi connectivity index (χ1n) is 7.50. The third-order valence-corrected chi connectivity index (χ3v) is 3.68. The fraction of sp³-hybridized carbons (Fsp3) is 0.167. The maximum absolute atomic E-state index is 12.0. The van der Waals surface area contributed by atoms with Gasteiger partial charge < -0.3 is 5.32 Å². The van der Waals surface area contributed by atoms with Gasteiger partial charge in [0.25, 0.3) is 5.91 Å². The summed E-state index contributed by atoms with van der Waals surface area (Å²) in [4.78, 5) is 23.0. The van der Waals surface area contributed by atoms with E-state index in [1.165, 1.54) is 0 Å². The molecule has 0 atom stereocenters. The summed E-state index contributed by atoms with van der Waals surface area (Å²) in [5, 5.41) is 6.60. The molecule has 1 aliphatic heterocycles. The predicted molar refractivity (Wildman–Crippen MR) is 88.5 cm³/mol. The summed E-state index contributed by atoms with van der Waals surface area (Å²) in [6.45, 7) is 0.431. The van der Waals surface area contributed by atoms with E-state index in [0.29, 0.717) is 25.1 Å². The molecule has 0 fully saturated rings. The minimum Gasteiger partial charge on any atom is -0.347 e. The Morgan fingerprint density at radius 3 is 2.35 bits per heavy atom. The van der Waals surface area contributed by atoms with Crippen molar-refractivity contribution >= 4 is 17.5 Å². The maximum Gasteiger partial charge on any atom is 0.267 e. The molecule has 0 saturated carbocycles. The fourth-order valence-electron chi connectivity index (χ4n) is 2.37. The number of amides is 2. The van der Waals surface area contributed by atoms with Crippen molar-refractivity contribution in [2.24, 2.45) is 5.10 Å². The molecular formula is C18H17N3O2. The number of rotatable bonds is 4. The summed E-state index contributed by atoms with van der Waals surface area (Å²) in [7, 11) is 0. The Bertz CT molecular complexity index is 737. The molecule has 0 bridgehead atoms. The monoisotopic (exact) mass is 307 g/mol. The molecule has 0 aromatic heterocycles. The van der Waals surface area contributed by atoms with Crippen LogP contribution in [0.3, 0.4) is 0 Å². The summed E-state index contributed by atoms with van der Waals surface area (Å²) in [6, 6.07) is 18.2. The van der Waals surface area contributed by atoms with Gasteiger partial charge >= 0.3 is 0 Å². The number of nitrogens with zero attached hydrogens (tertiary/aromatic N) is 1. The van der Waals surface area contributed by atoms with Gasteiger partial charge in [-0.15, -0.1) is 0 Å². The molecule has 0 spiro atoms. The molecule has 5 heteroatoms. The third kappa shape index (κ3) is 3.83. The molecule has 0 saturated heterocycles. The van der Waals surface area contributed by atoms with E-state index in [1.807, 2.05) is 42.5 Å². The summed E-state index contributed by atoms with van der Waals surface area (Å²) in [5.74, 6) is -0.393. The SMILES string of the molecule is O=C1CCC(C(=O)NCc2ccc(-c3ccccc3)cc2)=NN1. The molecule has 0 radical (unpaired) electrons. The average molecular weight is 307 g/mol. The Kier molecular flexibility index (Phi) is 4.47. The predicted octanol–water partition coefficient (Wildman–Crippen LogP) is 2.24. The van der Waals surface area contributed by atoms with E-state index in [1.54, 1.807) is 0 Å². The van der Waals surface area contributed by atoms with Crippen molar-refractivity contribution in [1.29, 1.82) is 0 Å². The normalized spacial score (nSPS) is 13.9. The van der Waals surface area contributed by atoms with E-state index in [2.05, 4.69) is 28.0 Å². The number of nitrogens with one attached hydrogen (secondary N) is 2. The lowest BCUT2D eigenvalue weighted by Crippen LogP contribution is -2.36. The van der Waals surface area contributed by atoms with Crippen LogP contribution >= 0.6 is 0 Å². The van der Waals surface area contributed by atoms with Crippen LogP contribution in [0.1, 0.15) is 18.4 Å². The zero-order valence-electron chi connectivity index (χ0n) is 12.6. The summed E-state index contributed by atoms with van der Waals surface area (Å²) >= 11 is 0.